The van der Waals surface area contributed by atoms with Gasteiger partial charge in [-0.15, -0.1) is 12.4 Å². The Hall–Kier alpha value is -3.26. The number of halogens is 2. The summed E-state index contributed by atoms with van der Waals surface area (Å²) in [6.07, 6.45) is 3.16. The van der Waals surface area contributed by atoms with Crippen LogP contribution in [-0.4, -0.2) is 38.2 Å². The quantitative estimate of drug-likeness (QED) is 0.529. The Kier molecular flexibility index (Phi) is 5.15. The van der Waals surface area contributed by atoms with Crippen LogP contribution in [0, 0.1) is 5.82 Å². The maximum Gasteiger partial charge on any atom is 0.250 e. The molecule has 0 aliphatic carbocycles. The molecule has 0 fully saturated rings. The first-order valence-corrected chi connectivity index (χ1v) is 8.29. The molecule has 4 aromatic rings. The van der Waals surface area contributed by atoms with E-state index in [0.29, 0.717) is 34.1 Å². The average molecular weight is 401 g/mol. The molecule has 4 rings (SSSR count). The summed E-state index contributed by atoms with van der Waals surface area (Å²) in [7, 11) is 5.41. The predicted octanol–water partition coefficient (Wildman–Crippen LogP) is 2.81. The van der Waals surface area contributed by atoms with Gasteiger partial charge in [0.25, 0.3) is 0 Å². The van der Waals surface area contributed by atoms with Gasteiger partial charge in [-0.1, -0.05) is 12.1 Å². The van der Waals surface area contributed by atoms with E-state index in [0.717, 1.165) is 0 Å². The molecule has 7 nitrogen and oxygen atoms in total. The first-order valence-electron chi connectivity index (χ1n) is 8.29. The minimum atomic E-state index is -0.356. The Morgan fingerprint density at radius 1 is 1.11 bits per heavy atom. The Bertz CT molecular complexity index is 1220. The number of rotatable bonds is 3. The average Bonchev–Trinajstić information content (AvgIpc) is 3.03. The molecule has 3 aromatic heterocycles. The van der Waals surface area contributed by atoms with Crippen molar-refractivity contribution in [2.45, 2.75) is 0 Å². The molecular weight excluding hydrogens is 383 g/mol. The molecule has 3 heterocycles. The molecule has 9 heteroatoms. The second-order valence-corrected chi connectivity index (χ2v) is 6.38. The number of aryl methyl sites for hydroxylation is 1. The van der Waals surface area contributed by atoms with Crippen LogP contribution in [-0.2, 0) is 7.05 Å². The van der Waals surface area contributed by atoms with Gasteiger partial charge in [0.05, 0.1) is 5.69 Å². The summed E-state index contributed by atoms with van der Waals surface area (Å²) in [5, 5.41) is 0. The fraction of sp³-hybridized carbons (Fsp3) is 0.158. The van der Waals surface area contributed by atoms with Gasteiger partial charge in [0.2, 0.25) is 5.56 Å². The molecule has 0 radical (unpaired) electrons. The van der Waals surface area contributed by atoms with E-state index in [4.69, 9.17) is 4.98 Å². The minimum Gasteiger partial charge on any atom is -0.361 e. The summed E-state index contributed by atoms with van der Waals surface area (Å²) in [4.78, 5) is 27.1. The maximum absolute atomic E-state index is 13.8. The van der Waals surface area contributed by atoms with E-state index in [1.54, 1.807) is 36.0 Å². The second-order valence-electron chi connectivity index (χ2n) is 6.38. The molecule has 0 saturated heterocycles. The van der Waals surface area contributed by atoms with E-state index in [1.165, 1.54) is 29.1 Å². The number of hydrogen-bond acceptors (Lipinski definition) is 5. The van der Waals surface area contributed by atoms with Gasteiger partial charge < -0.3 is 9.47 Å². The van der Waals surface area contributed by atoms with Crippen LogP contribution in [0.4, 0.5) is 10.2 Å². The van der Waals surface area contributed by atoms with Crippen LogP contribution < -0.4 is 10.5 Å². The number of aromatic nitrogens is 5. The summed E-state index contributed by atoms with van der Waals surface area (Å²) >= 11 is 0. The highest BCUT2D eigenvalue weighted by molar-refractivity contribution is 5.88. The molecule has 0 amide bonds. The topological polar surface area (TPSA) is 68.8 Å². The number of anilines is 1. The van der Waals surface area contributed by atoms with E-state index in [1.807, 2.05) is 19.0 Å². The van der Waals surface area contributed by atoms with E-state index in [-0.39, 0.29) is 23.8 Å². The fourth-order valence-corrected chi connectivity index (χ4v) is 2.99. The van der Waals surface area contributed by atoms with Crippen molar-refractivity contribution < 1.29 is 4.39 Å². The molecule has 28 heavy (non-hydrogen) atoms. The Morgan fingerprint density at radius 3 is 2.57 bits per heavy atom. The van der Waals surface area contributed by atoms with Gasteiger partial charge in [-0.3, -0.25) is 9.36 Å². The van der Waals surface area contributed by atoms with Crippen molar-refractivity contribution in [3.05, 3.63) is 65.1 Å². The third kappa shape index (κ3) is 3.22. The standard InChI is InChI=1S/C19H17FN6O.ClH/c1-24(2)18-16-19(22-11-21-18)26(14-7-8-15(27)25(3)10-14)17(23-16)12-5-4-6-13(20)9-12;/h4-11H,1-3H3;1H. The summed E-state index contributed by atoms with van der Waals surface area (Å²) in [5.41, 5.74) is 2.34. The largest absolute Gasteiger partial charge is 0.361 e. The van der Waals surface area contributed by atoms with Crippen molar-refractivity contribution >= 4 is 29.4 Å². The van der Waals surface area contributed by atoms with Crippen molar-refractivity contribution in [2.75, 3.05) is 19.0 Å². The van der Waals surface area contributed by atoms with Crippen LogP contribution >= 0.6 is 12.4 Å². The SMILES string of the molecule is CN(C)c1ncnc2c1nc(-c1cccc(F)c1)n2-c1ccc(=O)n(C)c1.Cl. The van der Waals surface area contributed by atoms with Gasteiger partial charge in [0.15, 0.2) is 17.0 Å². The molecule has 0 N–H and O–H groups in total. The monoisotopic (exact) mass is 400 g/mol. The molecule has 0 aliphatic heterocycles. The lowest BCUT2D eigenvalue weighted by Gasteiger charge is -2.11. The van der Waals surface area contributed by atoms with Gasteiger partial charge in [-0.05, 0) is 18.2 Å². The van der Waals surface area contributed by atoms with E-state index < -0.39 is 0 Å². The van der Waals surface area contributed by atoms with E-state index >= 15 is 0 Å². The lowest BCUT2D eigenvalue weighted by atomic mass is 10.2. The molecule has 0 atom stereocenters. The van der Waals surface area contributed by atoms with Gasteiger partial charge in [0.1, 0.15) is 18.0 Å². The molecule has 0 spiro atoms. The molecule has 0 unspecified atom stereocenters. The summed E-state index contributed by atoms with van der Waals surface area (Å²) in [6, 6.07) is 9.39. The van der Waals surface area contributed by atoms with E-state index in [9.17, 15) is 9.18 Å². The zero-order valence-electron chi connectivity index (χ0n) is 15.5. The zero-order chi connectivity index (χ0) is 19.1. The van der Waals surface area contributed by atoms with Crippen LogP contribution in [0.3, 0.4) is 0 Å². The predicted molar refractivity (Wildman–Crippen MR) is 109 cm³/mol. The van der Waals surface area contributed by atoms with Crippen molar-refractivity contribution in [3.8, 4) is 17.1 Å². The normalized spacial score (nSPS) is 10.7. The first kappa shape index (κ1) is 19.5. The van der Waals surface area contributed by atoms with Crippen molar-refractivity contribution in [1.29, 1.82) is 0 Å². The lowest BCUT2D eigenvalue weighted by Crippen LogP contribution is -2.16. The third-order valence-corrected chi connectivity index (χ3v) is 4.26. The number of nitrogens with zero attached hydrogens (tertiary/aromatic N) is 6. The number of hydrogen-bond donors (Lipinski definition) is 0. The van der Waals surface area contributed by atoms with Crippen LogP contribution in [0.25, 0.3) is 28.2 Å². The first-order chi connectivity index (χ1) is 13.0. The maximum atomic E-state index is 13.8. The van der Waals surface area contributed by atoms with Crippen LogP contribution in [0.2, 0.25) is 0 Å². The molecule has 0 bridgehead atoms. The highest BCUT2D eigenvalue weighted by Gasteiger charge is 2.20. The summed E-state index contributed by atoms with van der Waals surface area (Å²) in [6.45, 7) is 0. The number of benzene rings is 1. The lowest BCUT2D eigenvalue weighted by molar-refractivity contribution is 0.628. The highest BCUT2D eigenvalue weighted by atomic mass is 35.5. The van der Waals surface area contributed by atoms with Crippen LogP contribution in [0.5, 0.6) is 0 Å². The fourth-order valence-electron chi connectivity index (χ4n) is 2.99. The molecule has 0 saturated carbocycles. The Labute approximate surface area is 166 Å². The Balaban J connectivity index is 0.00000225. The Morgan fingerprint density at radius 2 is 1.89 bits per heavy atom. The molecular formula is C19H18ClFN6O. The van der Waals surface area contributed by atoms with Crippen molar-refractivity contribution in [2.24, 2.45) is 7.05 Å². The van der Waals surface area contributed by atoms with Crippen LogP contribution in [0.1, 0.15) is 0 Å². The van der Waals surface area contributed by atoms with Gasteiger partial charge in [0, 0.05) is 39.0 Å². The van der Waals surface area contributed by atoms with Crippen molar-refractivity contribution in [1.82, 2.24) is 24.1 Å². The van der Waals surface area contributed by atoms with Crippen molar-refractivity contribution in [3.63, 3.8) is 0 Å². The van der Waals surface area contributed by atoms with Crippen LogP contribution in [0.15, 0.2) is 53.7 Å². The highest BCUT2D eigenvalue weighted by Crippen LogP contribution is 2.30. The zero-order valence-corrected chi connectivity index (χ0v) is 16.3. The third-order valence-electron chi connectivity index (χ3n) is 4.26. The number of pyridine rings is 1. The van der Waals surface area contributed by atoms with Gasteiger partial charge in [-0.2, -0.15) is 0 Å². The molecule has 144 valence electrons. The number of fused-ring (bicyclic) bond motifs is 1. The van der Waals surface area contributed by atoms with Gasteiger partial charge in [-0.25, -0.2) is 19.3 Å². The van der Waals surface area contributed by atoms with Gasteiger partial charge >= 0.3 is 0 Å². The minimum absolute atomic E-state index is 0. The number of imidazole rings is 1. The van der Waals surface area contributed by atoms with E-state index in [2.05, 4.69) is 9.97 Å². The summed E-state index contributed by atoms with van der Waals surface area (Å²) in [5.74, 6) is 0.818. The molecule has 1 aromatic carbocycles. The smallest absolute Gasteiger partial charge is 0.250 e. The molecule has 0 aliphatic rings. The summed E-state index contributed by atoms with van der Waals surface area (Å²) < 4.78 is 17.1. The second kappa shape index (κ2) is 7.40.